The number of rotatable bonds is 2. The number of halogens is 2. The van der Waals surface area contributed by atoms with Gasteiger partial charge in [0.15, 0.2) is 5.82 Å². The normalized spacial score (nSPS) is 11.7. The molecule has 2 rings (SSSR count). The number of benzene rings is 1. The van der Waals surface area contributed by atoms with Crippen LogP contribution in [0.15, 0.2) is 18.5 Å². The first kappa shape index (κ1) is 14.0. The van der Waals surface area contributed by atoms with Crippen LogP contribution < -0.4 is 0 Å². The second kappa shape index (κ2) is 4.62. The number of aromatic nitrogens is 3. The minimum atomic E-state index is -1.26. The second-order valence-corrected chi connectivity index (χ2v) is 5.21. The van der Waals surface area contributed by atoms with Crippen LogP contribution >= 0.6 is 0 Å². The molecule has 2 aromatic rings. The number of nitro groups is 1. The molecule has 0 saturated carbocycles. The van der Waals surface area contributed by atoms with Crippen molar-refractivity contribution in [2.24, 2.45) is 0 Å². The van der Waals surface area contributed by atoms with Crippen molar-refractivity contribution in [3.05, 3.63) is 40.2 Å². The van der Waals surface area contributed by atoms with Crippen molar-refractivity contribution < 1.29 is 13.7 Å². The molecule has 8 heteroatoms. The predicted molar refractivity (Wildman–Crippen MR) is 67.0 cm³/mol. The fraction of sp³-hybridized carbons (Fsp3) is 0.333. The average Bonchev–Trinajstić information content (AvgIpc) is 2.77. The van der Waals surface area contributed by atoms with Gasteiger partial charge in [-0.15, -0.1) is 10.2 Å². The van der Waals surface area contributed by atoms with E-state index in [9.17, 15) is 18.9 Å². The predicted octanol–water partition coefficient (Wildman–Crippen LogP) is 2.89. The molecule has 20 heavy (non-hydrogen) atoms. The highest BCUT2D eigenvalue weighted by atomic mass is 19.1. The molecule has 1 heterocycles. The summed E-state index contributed by atoms with van der Waals surface area (Å²) in [5.41, 5.74) is -1.88. The van der Waals surface area contributed by atoms with E-state index in [0.717, 1.165) is 12.1 Å². The Labute approximate surface area is 113 Å². The van der Waals surface area contributed by atoms with Crippen LogP contribution in [0.3, 0.4) is 0 Å². The Hall–Kier alpha value is -2.38. The van der Waals surface area contributed by atoms with Gasteiger partial charge in [0.1, 0.15) is 12.1 Å². The molecule has 1 aromatic heterocycles. The van der Waals surface area contributed by atoms with E-state index in [1.54, 1.807) is 20.8 Å². The fourth-order valence-corrected chi connectivity index (χ4v) is 1.78. The number of hydrogen-bond acceptors (Lipinski definition) is 4. The van der Waals surface area contributed by atoms with E-state index in [-0.39, 0.29) is 5.82 Å². The van der Waals surface area contributed by atoms with Crippen molar-refractivity contribution in [3.8, 4) is 11.4 Å². The Bertz CT molecular complexity index is 677. The van der Waals surface area contributed by atoms with Gasteiger partial charge in [-0.25, -0.2) is 4.39 Å². The Kier molecular flexibility index (Phi) is 3.24. The zero-order valence-corrected chi connectivity index (χ0v) is 11.1. The van der Waals surface area contributed by atoms with Gasteiger partial charge in [-0.2, -0.15) is 4.39 Å². The first-order valence-electron chi connectivity index (χ1n) is 5.76. The number of nitro benzene ring substituents is 1. The first-order chi connectivity index (χ1) is 9.23. The molecule has 0 aliphatic heterocycles. The Morgan fingerprint density at radius 1 is 1.30 bits per heavy atom. The summed E-state index contributed by atoms with van der Waals surface area (Å²) in [6.07, 6.45) is 1.33. The van der Waals surface area contributed by atoms with Crippen molar-refractivity contribution in [2.75, 3.05) is 0 Å². The van der Waals surface area contributed by atoms with Gasteiger partial charge in [0.2, 0.25) is 5.82 Å². The van der Waals surface area contributed by atoms with Crippen LogP contribution in [-0.2, 0) is 5.54 Å². The largest absolute Gasteiger partial charge is 0.308 e. The maximum absolute atomic E-state index is 14.2. The molecule has 0 amide bonds. The van der Waals surface area contributed by atoms with E-state index >= 15 is 0 Å². The van der Waals surface area contributed by atoms with Crippen LogP contribution in [0.5, 0.6) is 0 Å². The van der Waals surface area contributed by atoms with E-state index in [1.807, 2.05) is 0 Å². The molecule has 0 saturated heterocycles. The van der Waals surface area contributed by atoms with Gasteiger partial charge in [0, 0.05) is 11.6 Å². The third kappa shape index (κ3) is 2.24. The molecule has 0 bridgehead atoms. The van der Waals surface area contributed by atoms with Gasteiger partial charge < -0.3 is 4.57 Å². The molecule has 106 valence electrons. The van der Waals surface area contributed by atoms with Crippen LogP contribution in [-0.4, -0.2) is 19.7 Å². The number of nitrogens with zero attached hydrogens (tertiary/aromatic N) is 4. The van der Waals surface area contributed by atoms with Crippen molar-refractivity contribution >= 4 is 5.69 Å². The Balaban J connectivity index is 2.74. The third-order valence-corrected chi connectivity index (χ3v) is 2.76. The highest BCUT2D eigenvalue weighted by Crippen LogP contribution is 2.32. The monoisotopic (exact) mass is 282 g/mol. The zero-order chi connectivity index (χ0) is 15.1. The molecule has 0 atom stereocenters. The van der Waals surface area contributed by atoms with Gasteiger partial charge in [-0.05, 0) is 26.8 Å². The molecule has 0 N–H and O–H groups in total. The molecule has 1 aromatic carbocycles. The first-order valence-corrected chi connectivity index (χ1v) is 5.76. The third-order valence-electron chi connectivity index (χ3n) is 2.76. The summed E-state index contributed by atoms with van der Waals surface area (Å²) in [6.45, 7) is 5.40. The molecule has 0 unspecified atom stereocenters. The average molecular weight is 282 g/mol. The summed E-state index contributed by atoms with van der Waals surface area (Å²) in [5.74, 6) is -2.27. The van der Waals surface area contributed by atoms with Gasteiger partial charge in [-0.1, -0.05) is 0 Å². The molecule has 0 radical (unpaired) electrons. The van der Waals surface area contributed by atoms with Crippen LogP contribution in [0.1, 0.15) is 20.8 Å². The highest BCUT2D eigenvalue weighted by Gasteiger charge is 2.28. The van der Waals surface area contributed by atoms with Crippen molar-refractivity contribution in [3.63, 3.8) is 0 Å². The molecular formula is C12H12F2N4O2. The van der Waals surface area contributed by atoms with Gasteiger partial charge >= 0.3 is 5.69 Å². The Morgan fingerprint density at radius 2 is 1.95 bits per heavy atom. The molecule has 0 fully saturated rings. The minimum Gasteiger partial charge on any atom is -0.308 e. The molecule has 0 aliphatic rings. The van der Waals surface area contributed by atoms with E-state index in [0.29, 0.717) is 0 Å². The van der Waals surface area contributed by atoms with E-state index < -0.39 is 33.3 Å². The van der Waals surface area contributed by atoms with Crippen molar-refractivity contribution in [2.45, 2.75) is 26.3 Å². The Morgan fingerprint density at radius 3 is 2.50 bits per heavy atom. The zero-order valence-electron chi connectivity index (χ0n) is 11.1. The summed E-state index contributed by atoms with van der Waals surface area (Å²) in [5, 5.41) is 18.1. The van der Waals surface area contributed by atoms with E-state index in [2.05, 4.69) is 10.2 Å². The lowest BCUT2D eigenvalue weighted by molar-refractivity contribution is -0.387. The summed E-state index contributed by atoms with van der Waals surface area (Å²) in [7, 11) is 0. The van der Waals surface area contributed by atoms with Crippen LogP contribution in [0, 0.1) is 21.7 Å². The highest BCUT2D eigenvalue weighted by molar-refractivity contribution is 5.62. The lowest BCUT2D eigenvalue weighted by atomic mass is 10.1. The second-order valence-electron chi connectivity index (χ2n) is 5.21. The SMILES string of the molecule is CC(C)(C)n1cnnc1-c1c(F)ccc([N+](=O)[O-])c1F. The van der Waals surface area contributed by atoms with Gasteiger partial charge in [0.05, 0.1) is 10.5 Å². The lowest BCUT2D eigenvalue weighted by Gasteiger charge is -2.22. The minimum absolute atomic E-state index is 0.0869. The fourth-order valence-electron chi connectivity index (χ4n) is 1.78. The molecule has 6 nitrogen and oxygen atoms in total. The van der Waals surface area contributed by atoms with Crippen LogP contribution in [0.25, 0.3) is 11.4 Å². The standard InChI is InChI=1S/C12H12F2N4O2/c1-12(2,3)17-6-15-16-11(17)9-7(13)4-5-8(10(9)14)18(19)20/h4-6H,1-3H3. The number of hydrogen-bond donors (Lipinski definition) is 0. The lowest BCUT2D eigenvalue weighted by Crippen LogP contribution is -2.22. The smallest absolute Gasteiger partial charge is 0.305 e. The summed E-state index contributed by atoms with van der Waals surface area (Å²) in [6, 6.07) is 1.63. The topological polar surface area (TPSA) is 73.8 Å². The van der Waals surface area contributed by atoms with E-state index in [4.69, 9.17) is 0 Å². The van der Waals surface area contributed by atoms with Crippen LogP contribution in [0.2, 0.25) is 0 Å². The maximum atomic E-state index is 14.2. The summed E-state index contributed by atoms with van der Waals surface area (Å²) >= 11 is 0. The van der Waals surface area contributed by atoms with Crippen LogP contribution in [0.4, 0.5) is 14.5 Å². The summed E-state index contributed by atoms with van der Waals surface area (Å²) in [4.78, 5) is 9.83. The van der Waals surface area contributed by atoms with Crippen molar-refractivity contribution in [1.82, 2.24) is 14.8 Å². The van der Waals surface area contributed by atoms with E-state index in [1.165, 1.54) is 10.9 Å². The quantitative estimate of drug-likeness (QED) is 0.627. The maximum Gasteiger partial charge on any atom is 0.305 e. The van der Waals surface area contributed by atoms with Crippen molar-refractivity contribution in [1.29, 1.82) is 0 Å². The summed E-state index contributed by atoms with van der Waals surface area (Å²) < 4.78 is 29.5. The molecule has 0 spiro atoms. The van der Waals surface area contributed by atoms with Gasteiger partial charge in [0.25, 0.3) is 0 Å². The molecular weight excluding hydrogens is 270 g/mol. The van der Waals surface area contributed by atoms with Gasteiger partial charge in [-0.3, -0.25) is 10.1 Å². The molecule has 0 aliphatic carbocycles.